The Morgan fingerprint density at radius 1 is 0.963 bits per heavy atom. The Labute approximate surface area is 163 Å². The Morgan fingerprint density at radius 3 is 1.93 bits per heavy atom. The molecular formula is C19H19ClN2O4S. The number of sulfone groups is 1. The number of benzene rings is 2. The van der Waals surface area contributed by atoms with Crippen LogP contribution in [0, 0.1) is 0 Å². The van der Waals surface area contributed by atoms with Crippen molar-refractivity contribution in [1.82, 2.24) is 0 Å². The molecule has 0 unspecified atom stereocenters. The van der Waals surface area contributed by atoms with E-state index >= 15 is 0 Å². The van der Waals surface area contributed by atoms with E-state index in [1.165, 1.54) is 0 Å². The van der Waals surface area contributed by atoms with Crippen LogP contribution in [0.2, 0.25) is 5.02 Å². The molecule has 2 aliphatic rings. The predicted octanol–water partition coefficient (Wildman–Crippen LogP) is 3.35. The highest BCUT2D eigenvalue weighted by atomic mass is 35.5. The van der Waals surface area contributed by atoms with Gasteiger partial charge in [-0.15, -0.1) is 0 Å². The van der Waals surface area contributed by atoms with E-state index in [1.54, 1.807) is 58.3 Å². The molecule has 4 rings (SSSR count). The topological polar surface area (TPSA) is 66.9 Å². The molecule has 0 spiro atoms. The lowest BCUT2D eigenvalue weighted by molar-refractivity contribution is 0.255. The maximum Gasteiger partial charge on any atom is 0.329 e. The van der Waals surface area contributed by atoms with Crippen LogP contribution in [0.5, 0.6) is 5.75 Å². The lowest BCUT2D eigenvalue weighted by Crippen LogP contribution is -2.37. The third kappa shape index (κ3) is 3.26. The van der Waals surface area contributed by atoms with E-state index in [4.69, 9.17) is 16.3 Å². The zero-order chi connectivity index (χ0) is 19.2. The van der Waals surface area contributed by atoms with Crippen LogP contribution < -0.4 is 14.5 Å². The number of fused-ring (bicyclic) bond motifs is 1. The molecule has 2 aliphatic heterocycles. The third-order valence-corrected chi connectivity index (χ3v) is 6.85. The molecular weight excluding hydrogens is 388 g/mol. The van der Waals surface area contributed by atoms with E-state index in [0.29, 0.717) is 28.8 Å². The zero-order valence-corrected chi connectivity index (χ0v) is 16.3. The summed E-state index contributed by atoms with van der Waals surface area (Å²) < 4.78 is 30.0. The molecule has 8 heteroatoms. The Morgan fingerprint density at radius 2 is 1.44 bits per heavy atom. The summed E-state index contributed by atoms with van der Waals surface area (Å²) >= 11 is 5.95. The van der Waals surface area contributed by atoms with Crippen molar-refractivity contribution >= 4 is 38.8 Å². The van der Waals surface area contributed by atoms with Gasteiger partial charge in [0.2, 0.25) is 0 Å². The van der Waals surface area contributed by atoms with Crippen LogP contribution in [-0.2, 0) is 9.84 Å². The summed E-state index contributed by atoms with van der Waals surface area (Å²) in [6.07, 6.45) is 0. The second-order valence-electron chi connectivity index (χ2n) is 6.64. The highest BCUT2D eigenvalue weighted by Gasteiger charge is 2.54. The number of carbonyl (C=O) groups excluding carboxylic acids is 1. The number of nitrogens with zero attached hydrogens (tertiary/aromatic N) is 2. The summed E-state index contributed by atoms with van der Waals surface area (Å²) in [6, 6.07) is 13.0. The van der Waals surface area contributed by atoms with Gasteiger partial charge >= 0.3 is 6.03 Å². The van der Waals surface area contributed by atoms with Crippen molar-refractivity contribution in [3.8, 4) is 5.75 Å². The number of anilines is 2. The first kappa shape index (κ1) is 18.1. The third-order valence-electron chi connectivity index (χ3n) is 4.90. The van der Waals surface area contributed by atoms with Crippen LogP contribution in [0.1, 0.15) is 6.92 Å². The SMILES string of the molecule is CCOc1ccc(N2C(=O)N(c3ccc(Cl)cc3)[C@H]3CS(=O)(=O)C[C@H]32)cc1. The Bertz CT molecular complexity index is 960. The monoisotopic (exact) mass is 406 g/mol. The lowest BCUT2D eigenvalue weighted by atomic mass is 10.1. The summed E-state index contributed by atoms with van der Waals surface area (Å²) in [5, 5.41) is 0.560. The Hall–Kier alpha value is -2.25. The number of amides is 2. The van der Waals surface area contributed by atoms with Crippen molar-refractivity contribution in [1.29, 1.82) is 0 Å². The molecule has 0 bridgehead atoms. The minimum Gasteiger partial charge on any atom is -0.494 e. The van der Waals surface area contributed by atoms with E-state index in [9.17, 15) is 13.2 Å². The Balaban J connectivity index is 1.73. The first-order chi connectivity index (χ1) is 12.9. The highest BCUT2D eigenvalue weighted by molar-refractivity contribution is 7.91. The molecule has 2 amide bonds. The van der Waals surface area contributed by atoms with Gasteiger partial charge in [0, 0.05) is 16.4 Å². The van der Waals surface area contributed by atoms with Gasteiger partial charge in [0.25, 0.3) is 0 Å². The van der Waals surface area contributed by atoms with Gasteiger partial charge in [-0.1, -0.05) is 11.6 Å². The minimum absolute atomic E-state index is 0.0410. The number of rotatable bonds is 4. The first-order valence-electron chi connectivity index (χ1n) is 8.71. The summed E-state index contributed by atoms with van der Waals surface area (Å²) in [5.41, 5.74) is 1.30. The molecule has 2 aromatic carbocycles. The van der Waals surface area contributed by atoms with Crippen molar-refractivity contribution in [2.24, 2.45) is 0 Å². The number of hydrogen-bond donors (Lipinski definition) is 0. The fourth-order valence-electron chi connectivity index (χ4n) is 3.78. The lowest BCUT2D eigenvalue weighted by Gasteiger charge is -2.23. The Kier molecular flexibility index (Phi) is 4.52. The van der Waals surface area contributed by atoms with Crippen molar-refractivity contribution in [2.45, 2.75) is 19.0 Å². The van der Waals surface area contributed by atoms with E-state index in [1.807, 2.05) is 6.92 Å². The molecule has 2 heterocycles. The van der Waals surface area contributed by atoms with Crippen LogP contribution in [0.4, 0.5) is 16.2 Å². The molecule has 6 nitrogen and oxygen atoms in total. The minimum atomic E-state index is -3.22. The molecule has 0 aromatic heterocycles. The number of ether oxygens (including phenoxy) is 1. The summed E-state index contributed by atoms with van der Waals surface area (Å²) in [6.45, 7) is 2.45. The molecule has 27 heavy (non-hydrogen) atoms. The number of halogens is 1. The molecule has 2 atom stereocenters. The van der Waals surface area contributed by atoms with Gasteiger partial charge in [-0.25, -0.2) is 13.2 Å². The van der Waals surface area contributed by atoms with Crippen LogP contribution in [0.3, 0.4) is 0 Å². The molecule has 2 saturated heterocycles. The van der Waals surface area contributed by atoms with Gasteiger partial charge in [-0.3, -0.25) is 9.80 Å². The summed E-state index contributed by atoms with van der Waals surface area (Å²) in [4.78, 5) is 16.4. The predicted molar refractivity (Wildman–Crippen MR) is 106 cm³/mol. The molecule has 0 aliphatic carbocycles. The van der Waals surface area contributed by atoms with E-state index in [2.05, 4.69) is 0 Å². The average Bonchev–Trinajstić information content (AvgIpc) is 3.06. The van der Waals surface area contributed by atoms with Gasteiger partial charge in [0.1, 0.15) is 5.75 Å². The van der Waals surface area contributed by atoms with Crippen molar-refractivity contribution < 1.29 is 17.9 Å². The normalized spacial score (nSPS) is 23.6. The second-order valence-corrected chi connectivity index (χ2v) is 9.23. The molecule has 0 N–H and O–H groups in total. The van der Waals surface area contributed by atoms with Gasteiger partial charge in [-0.2, -0.15) is 0 Å². The molecule has 0 radical (unpaired) electrons. The average molecular weight is 407 g/mol. The quantitative estimate of drug-likeness (QED) is 0.730. The molecule has 142 valence electrons. The first-order valence-corrected chi connectivity index (χ1v) is 10.9. The summed E-state index contributed by atoms with van der Waals surface area (Å²) in [7, 11) is -3.22. The van der Waals surface area contributed by atoms with Crippen LogP contribution in [0.15, 0.2) is 48.5 Å². The van der Waals surface area contributed by atoms with Gasteiger partial charge in [0.15, 0.2) is 9.84 Å². The van der Waals surface area contributed by atoms with E-state index in [-0.39, 0.29) is 17.5 Å². The van der Waals surface area contributed by atoms with Crippen molar-refractivity contribution in [3.63, 3.8) is 0 Å². The summed E-state index contributed by atoms with van der Waals surface area (Å²) in [5.74, 6) is 0.623. The fraction of sp³-hybridized carbons (Fsp3) is 0.316. The van der Waals surface area contributed by atoms with Crippen LogP contribution >= 0.6 is 11.6 Å². The largest absolute Gasteiger partial charge is 0.494 e. The molecule has 2 aromatic rings. The molecule has 0 saturated carbocycles. The van der Waals surface area contributed by atoms with Gasteiger partial charge < -0.3 is 4.74 Å². The second kappa shape index (κ2) is 6.73. The maximum absolute atomic E-state index is 13.2. The standard InChI is InChI=1S/C19H19ClN2O4S/c1-2-26-16-9-7-15(8-10-16)22-18-12-27(24,25)11-17(18)21(19(22)23)14-5-3-13(20)4-6-14/h3-10,17-18H,2,11-12H2,1H3/t17-,18+/m0/s1. The maximum atomic E-state index is 13.2. The van der Waals surface area contributed by atoms with Crippen LogP contribution in [0.25, 0.3) is 0 Å². The number of urea groups is 1. The highest BCUT2D eigenvalue weighted by Crippen LogP contribution is 2.38. The van der Waals surface area contributed by atoms with E-state index < -0.39 is 21.9 Å². The smallest absolute Gasteiger partial charge is 0.329 e. The fourth-order valence-corrected chi connectivity index (χ4v) is 5.82. The number of hydrogen-bond acceptors (Lipinski definition) is 4. The van der Waals surface area contributed by atoms with E-state index in [0.717, 1.165) is 0 Å². The van der Waals surface area contributed by atoms with Crippen LogP contribution in [-0.4, -0.2) is 44.6 Å². The van der Waals surface area contributed by atoms with Crippen molar-refractivity contribution in [3.05, 3.63) is 53.6 Å². The zero-order valence-electron chi connectivity index (χ0n) is 14.7. The van der Waals surface area contributed by atoms with Gasteiger partial charge in [0.05, 0.1) is 30.2 Å². The number of carbonyl (C=O) groups is 1. The molecule has 2 fully saturated rings. The van der Waals surface area contributed by atoms with Crippen molar-refractivity contribution in [2.75, 3.05) is 27.9 Å². The van der Waals surface area contributed by atoms with Gasteiger partial charge in [-0.05, 0) is 55.5 Å².